The van der Waals surface area contributed by atoms with Gasteiger partial charge in [0.25, 0.3) is 0 Å². The molecule has 0 spiro atoms. The van der Waals surface area contributed by atoms with Crippen LogP contribution in [0.25, 0.3) is 0 Å². The fourth-order valence-corrected chi connectivity index (χ4v) is 2.74. The van der Waals surface area contributed by atoms with Gasteiger partial charge in [-0.2, -0.15) is 0 Å². The molecule has 1 rings (SSSR count). The number of hydrogen-bond donors (Lipinski definition) is 2. The number of hydrogen-bond acceptors (Lipinski definition) is 2. The number of carbonyl (C=O) groups is 1. The van der Waals surface area contributed by atoms with Gasteiger partial charge in [-0.1, -0.05) is 39.0 Å². The van der Waals surface area contributed by atoms with E-state index in [0.717, 1.165) is 31.7 Å². The van der Waals surface area contributed by atoms with Gasteiger partial charge in [-0.05, 0) is 31.7 Å². The molecule has 1 saturated carbocycles. The first-order chi connectivity index (χ1) is 8.27. The Hall–Kier alpha value is -0.280. The monoisotopic (exact) mass is 276 g/mol. The molecule has 0 saturated heterocycles. The van der Waals surface area contributed by atoms with Gasteiger partial charge >= 0.3 is 0 Å². The third kappa shape index (κ3) is 6.60. The molecule has 1 amide bonds. The molecule has 0 bridgehead atoms. The highest BCUT2D eigenvalue weighted by molar-refractivity contribution is 5.85. The van der Waals surface area contributed by atoms with E-state index in [4.69, 9.17) is 5.73 Å². The maximum Gasteiger partial charge on any atom is 0.223 e. The molecule has 0 aromatic carbocycles. The van der Waals surface area contributed by atoms with Gasteiger partial charge in [0.05, 0.1) is 0 Å². The SMILES string of the molecule is CCC(CC1CCCCC1)C(=O)NCCCN.Cl. The van der Waals surface area contributed by atoms with Gasteiger partial charge in [-0.3, -0.25) is 4.79 Å². The molecule has 3 N–H and O–H groups in total. The minimum Gasteiger partial charge on any atom is -0.356 e. The molecule has 1 unspecified atom stereocenters. The zero-order valence-electron chi connectivity index (χ0n) is 11.6. The molecule has 0 radical (unpaired) electrons. The highest BCUT2D eigenvalue weighted by Crippen LogP contribution is 2.30. The van der Waals surface area contributed by atoms with E-state index in [1.165, 1.54) is 32.1 Å². The van der Waals surface area contributed by atoms with Crippen LogP contribution in [-0.2, 0) is 4.79 Å². The summed E-state index contributed by atoms with van der Waals surface area (Å²) in [6.45, 7) is 3.51. The van der Waals surface area contributed by atoms with Crippen LogP contribution in [0.5, 0.6) is 0 Å². The summed E-state index contributed by atoms with van der Waals surface area (Å²) in [5.74, 6) is 1.25. The van der Waals surface area contributed by atoms with Crippen LogP contribution < -0.4 is 11.1 Å². The van der Waals surface area contributed by atoms with E-state index < -0.39 is 0 Å². The molecule has 0 aliphatic heterocycles. The average Bonchev–Trinajstić information content (AvgIpc) is 2.37. The molecule has 0 aromatic heterocycles. The van der Waals surface area contributed by atoms with Crippen LogP contribution in [0.2, 0.25) is 0 Å². The maximum atomic E-state index is 12.0. The number of nitrogens with two attached hydrogens (primary N) is 1. The van der Waals surface area contributed by atoms with E-state index in [1.54, 1.807) is 0 Å². The molecular formula is C14H29ClN2O. The van der Waals surface area contributed by atoms with Crippen molar-refractivity contribution in [3.63, 3.8) is 0 Å². The van der Waals surface area contributed by atoms with Gasteiger partial charge in [-0.25, -0.2) is 0 Å². The zero-order chi connectivity index (χ0) is 12.5. The third-order valence-electron chi connectivity index (χ3n) is 3.89. The topological polar surface area (TPSA) is 55.1 Å². The van der Waals surface area contributed by atoms with Crippen LogP contribution in [0.15, 0.2) is 0 Å². The van der Waals surface area contributed by atoms with E-state index in [9.17, 15) is 4.79 Å². The van der Waals surface area contributed by atoms with Crippen molar-refractivity contribution >= 4 is 18.3 Å². The molecular weight excluding hydrogens is 248 g/mol. The first-order valence-corrected chi connectivity index (χ1v) is 7.25. The molecule has 1 atom stereocenters. The first-order valence-electron chi connectivity index (χ1n) is 7.25. The normalized spacial score (nSPS) is 17.9. The predicted molar refractivity (Wildman–Crippen MR) is 78.9 cm³/mol. The minimum absolute atomic E-state index is 0. The van der Waals surface area contributed by atoms with Crippen LogP contribution in [-0.4, -0.2) is 19.0 Å². The third-order valence-corrected chi connectivity index (χ3v) is 3.89. The first kappa shape index (κ1) is 17.7. The van der Waals surface area contributed by atoms with Crippen molar-refractivity contribution in [2.45, 2.75) is 58.3 Å². The Morgan fingerprint density at radius 1 is 1.33 bits per heavy atom. The molecule has 3 nitrogen and oxygen atoms in total. The van der Waals surface area contributed by atoms with Gasteiger partial charge in [0.15, 0.2) is 0 Å². The Morgan fingerprint density at radius 3 is 2.56 bits per heavy atom. The second kappa shape index (κ2) is 10.6. The lowest BCUT2D eigenvalue weighted by Gasteiger charge is -2.25. The number of carbonyl (C=O) groups excluding carboxylic acids is 1. The van der Waals surface area contributed by atoms with Crippen molar-refractivity contribution in [1.29, 1.82) is 0 Å². The van der Waals surface area contributed by atoms with E-state index in [1.807, 2.05) is 0 Å². The summed E-state index contributed by atoms with van der Waals surface area (Å²) >= 11 is 0. The number of amides is 1. The lowest BCUT2D eigenvalue weighted by atomic mass is 9.82. The lowest BCUT2D eigenvalue weighted by Crippen LogP contribution is -2.33. The highest BCUT2D eigenvalue weighted by Gasteiger charge is 2.22. The molecule has 0 heterocycles. The van der Waals surface area contributed by atoms with Gasteiger partial charge in [0.1, 0.15) is 0 Å². The van der Waals surface area contributed by atoms with Gasteiger partial charge in [-0.15, -0.1) is 12.4 Å². The van der Waals surface area contributed by atoms with Crippen LogP contribution in [0.3, 0.4) is 0 Å². The second-order valence-electron chi connectivity index (χ2n) is 5.28. The fourth-order valence-electron chi connectivity index (χ4n) is 2.74. The van der Waals surface area contributed by atoms with Crippen molar-refractivity contribution < 1.29 is 4.79 Å². The Bertz CT molecular complexity index is 218. The molecule has 1 fully saturated rings. The summed E-state index contributed by atoms with van der Waals surface area (Å²) in [4.78, 5) is 12.0. The van der Waals surface area contributed by atoms with Gasteiger partial charge in [0, 0.05) is 12.5 Å². The number of halogens is 1. The van der Waals surface area contributed by atoms with Gasteiger partial charge in [0.2, 0.25) is 5.91 Å². The fraction of sp³-hybridized carbons (Fsp3) is 0.929. The summed E-state index contributed by atoms with van der Waals surface area (Å²) in [6.07, 6.45) is 9.68. The summed E-state index contributed by atoms with van der Waals surface area (Å²) in [5.41, 5.74) is 5.42. The number of rotatable bonds is 7. The molecule has 4 heteroatoms. The second-order valence-corrected chi connectivity index (χ2v) is 5.28. The summed E-state index contributed by atoms with van der Waals surface area (Å²) in [6, 6.07) is 0. The smallest absolute Gasteiger partial charge is 0.223 e. The Morgan fingerprint density at radius 2 is 2.00 bits per heavy atom. The maximum absolute atomic E-state index is 12.0. The van der Waals surface area contributed by atoms with Crippen LogP contribution in [0.4, 0.5) is 0 Å². The van der Waals surface area contributed by atoms with Gasteiger partial charge < -0.3 is 11.1 Å². The summed E-state index contributed by atoms with van der Waals surface area (Å²) in [7, 11) is 0. The summed E-state index contributed by atoms with van der Waals surface area (Å²) in [5, 5.41) is 3.01. The lowest BCUT2D eigenvalue weighted by molar-refractivity contribution is -0.125. The number of nitrogens with one attached hydrogen (secondary N) is 1. The van der Waals surface area contributed by atoms with Crippen LogP contribution >= 0.6 is 12.4 Å². The van der Waals surface area contributed by atoms with Crippen LogP contribution in [0, 0.1) is 11.8 Å². The largest absolute Gasteiger partial charge is 0.356 e. The van der Waals surface area contributed by atoms with Crippen molar-refractivity contribution in [3.05, 3.63) is 0 Å². The predicted octanol–water partition coefficient (Wildman–Crippen LogP) is 2.87. The van der Waals surface area contributed by atoms with Crippen molar-refractivity contribution in [1.82, 2.24) is 5.32 Å². The standard InChI is InChI=1S/C14H28N2O.ClH/c1-2-13(14(17)16-10-6-9-15)11-12-7-4-3-5-8-12;/h12-13H,2-11,15H2,1H3,(H,16,17);1H. The molecule has 18 heavy (non-hydrogen) atoms. The van der Waals surface area contributed by atoms with E-state index >= 15 is 0 Å². The molecule has 108 valence electrons. The van der Waals surface area contributed by atoms with Crippen molar-refractivity contribution in [2.24, 2.45) is 17.6 Å². The molecule has 0 aromatic rings. The quantitative estimate of drug-likeness (QED) is 0.703. The highest BCUT2D eigenvalue weighted by atomic mass is 35.5. The van der Waals surface area contributed by atoms with E-state index in [0.29, 0.717) is 6.54 Å². The zero-order valence-corrected chi connectivity index (χ0v) is 12.4. The van der Waals surface area contributed by atoms with E-state index in [-0.39, 0.29) is 24.2 Å². The molecule has 1 aliphatic rings. The Balaban J connectivity index is 0.00000289. The Labute approximate surface area is 118 Å². The average molecular weight is 277 g/mol. The van der Waals surface area contributed by atoms with Crippen molar-refractivity contribution in [3.8, 4) is 0 Å². The van der Waals surface area contributed by atoms with E-state index in [2.05, 4.69) is 12.2 Å². The minimum atomic E-state index is 0. The van der Waals surface area contributed by atoms with Crippen molar-refractivity contribution in [2.75, 3.05) is 13.1 Å². The Kier molecular flexibility index (Phi) is 10.5. The van der Waals surface area contributed by atoms with Crippen LogP contribution in [0.1, 0.15) is 58.3 Å². The molecule has 1 aliphatic carbocycles. The summed E-state index contributed by atoms with van der Waals surface area (Å²) < 4.78 is 0.